The highest BCUT2D eigenvalue weighted by atomic mass is 16.5. The van der Waals surface area contributed by atoms with Crippen molar-refractivity contribution in [3.05, 3.63) is 77.1 Å². The summed E-state index contributed by atoms with van der Waals surface area (Å²) in [6.45, 7) is 0. The maximum absolute atomic E-state index is 13.4. The number of aryl methyl sites for hydroxylation is 1. The Balaban J connectivity index is 1.75. The van der Waals surface area contributed by atoms with E-state index >= 15 is 0 Å². The lowest BCUT2D eigenvalue weighted by molar-refractivity contribution is -0.208. The third-order valence-electron chi connectivity index (χ3n) is 8.44. The zero-order valence-corrected chi connectivity index (χ0v) is 24.7. The van der Waals surface area contributed by atoms with Crippen LogP contribution in [0, 0.1) is 23.7 Å². The second-order valence-electron chi connectivity index (χ2n) is 10.6. The summed E-state index contributed by atoms with van der Waals surface area (Å²) in [6, 6.07) is 15.6. The Morgan fingerprint density at radius 3 is 1.89 bits per heavy atom. The van der Waals surface area contributed by atoms with Crippen molar-refractivity contribution in [2.75, 3.05) is 28.4 Å². The van der Waals surface area contributed by atoms with Crippen molar-refractivity contribution in [3.8, 4) is 5.75 Å². The second kappa shape index (κ2) is 13.3. The van der Waals surface area contributed by atoms with Crippen LogP contribution in [0.3, 0.4) is 0 Å². The SMILES string of the molecule is COC(=O)C1=C(O)[C@H](C(=O)OC)C2(O)C(C(=O)OC)[C@H](c3ccc(OC(=O)CCc4ccccc4)cc3)C[C@@H]1[C@@H]2C(=O)OC. The van der Waals surface area contributed by atoms with Gasteiger partial charge in [-0.2, -0.15) is 0 Å². The summed E-state index contributed by atoms with van der Waals surface area (Å²) in [4.78, 5) is 65.1. The summed E-state index contributed by atoms with van der Waals surface area (Å²) in [5, 5.41) is 23.6. The van der Waals surface area contributed by atoms with E-state index in [1.54, 1.807) is 12.1 Å². The lowest BCUT2D eigenvalue weighted by atomic mass is 9.49. The number of ether oxygens (including phenoxy) is 5. The molecule has 2 unspecified atom stereocenters. The van der Waals surface area contributed by atoms with Crippen molar-refractivity contribution < 1.29 is 57.9 Å². The number of carbonyl (C=O) groups is 5. The summed E-state index contributed by atoms with van der Waals surface area (Å²) in [6.07, 6.45) is 0.496. The molecule has 0 saturated heterocycles. The van der Waals surface area contributed by atoms with E-state index in [2.05, 4.69) is 0 Å². The minimum atomic E-state index is -2.65. The van der Waals surface area contributed by atoms with E-state index in [4.69, 9.17) is 23.7 Å². The molecule has 2 aromatic carbocycles. The number of hydrogen-bond acceptors (Lipinski definition) is 12. The molecule has 0 radical (unpaired) electrons. The molecule has 1 fully saturated rings. The summed E-state index contributed by atoms with van der Waals surface area (Å²) < 4.78 is 25.2. The monoisotopic (exact) mass is 610 g/mol. The molecule has 0 aliphatic heterocycles. The van der Waals surface area contributed by atoms with E-state index in [9.17, 15) is 34.2 Å². The minimum Gasteiger partial charge on any atom is -0.511 e. The highest BCUT2D eigenvalue weighted by Gasteiger charge is 2.71. The highest BCUT2D eigenvalue weighted by molar-refractivity contribution is 5.96. The third-order valence-corrected chi connectivity index (χ3v) is 8.44. The van der Waals surface area contributed by atoms with Gasteiger partial charge in [-0.05, 0) is 36.1 Å². The van der Waals surface area contributed by atoms with Gasteiger partial charge >= 0.3 is 29.8 Å². The van der Waals surface area contributed by atoms with Gasteiger partial charge < -0.3 is 33.9 Å². The van der Waals surface area contributed by atoms with E-state index in [0.29, 0.717) is 12.0 Å². The van der Waals surface area contributed by atoms with Crippen molar-refractivity contribution in [3.63, 3.8) is 0 Å². The molecule has 2 N–H and O–H groups in total. The molecule has 1 saturated carbocycles. The molecule has 0 aromatic heterocycles. The lowest BCUT2D eigenvalue weighted by Gasteiger charge is -2.55. The van der Waals surface area contributed by atoms with Crippen LogP contribution in [0.1, 0.15) is 29.9 Å². The number of rotatable bonds is 9. The Kier molecular flexibility index (Phi) is 9.73. The first kappa shape index (κ1) is 32.2. The maximum Gasteiger partial charge on any atom is 0.337 e. The fourth-order valence-corrected chi connectivity index (χ4v) is 6.52. The number of aliphatic hydroxyl groups is 2. The van der Waals surface area contributed by atoms with Gasteiger partial charge in [0, 0.05) is 18.3 Å². The standard InChI is InChI=1S/C32H34O12/c1-40-28(35)23-21-16-20(18-11-13-19(14-12-18)44-22(33)15-10-17-8-6-5-7-9-17)24(29(36)41-2)32(39,25(21)30(37)42-3)26(27(23)34)31(38)43-4/h5-9,11-14,20-21,24-26,34,39H,10,15-16H2,1-4H3/t20-,21-,24?,25+,26+,32?/m0/s1. The van der Waals surface area contributed by atoms with Crippen LogP contribution in [0.15, 0.2) is 65.9 Å². The van der Waals surface area contributed by atoms with Crippen molar-refractivity contribution in [1.82, 2.24) is 0 Å². The van der Waals surface area contributed by atoms with Gasteiger partial charge in [0.25, 0.3) is 0 Å². The van der Waals surface area contributed by atoms with Gasteiger partial charge in [-0.1, -0.05) is 42.5 Å². The van der Waals surface area contributed by atoms with Crippen LogP contribution >= 0.6 is 0 Å². The van der Waals surface area contributed by atoms with Crippen LogP contribution in [0.2, 0.25) is 0 Å². The second-order valence-corrected chi connectivity index (χ2v) is 10.6. The van der Waals surface area contributed by atoms with Crippen molar-refractivity contribution in [1.29, 1.82) is 0 Å². The number of methoxy groups -OCH3 is 4. The van der Waals surface area contributed by atoms with Gasteiger partial charge in [-0.25, -0.2) is 4.79 Å². The Bertz CT molecular complexity index is 1450. The normalized spacial score (nSPS) is 25.8. The summed E-state index contributed by atoms with van der Waals surface area (Å²) in [5.74, 6) is -12.9. The largest absolute Gasteiger partial charge is 0.511 e. The molecule has 0 heterocycles. The van der Waals surface area contributed by atoms with Gasteiger partial charge in [0.15, 0.2) is 0 Å². The number of esters is 5. The first-order valence-electron chi connectivity index (χ1n) is 13.8. The molecular formula is C32H34O12. The van der Waals surface area contributed by atoms with E-state index in [1.807, 2.05) is 30.3 Å². The molecule has 12 heteroatoms. The average Bonchev–Trinajstić information content (AvgIpc) is 3.03. The Labute approximate surface area is 253 Å². The van der Waals surface area contributed by atoms with E-state index in [-0.39, 0.29) is 18.6 Å². The number of aliphatic hydroxyl groups excluding tert-OH is 1. The van der Waals surface area contributed by atoms with Crippen LogP contribution in [0.4, 0.5) is 0 Å². The zero-order valence-electron chi connectivity index (χ0n) is 24.7. The predicted octanol–water partition coefficient (Wildman–Crippen LogP) is 2.43. The summed E-state index contributed by atoms with van der Waals surface area (Å²) in [7, 11) is 4.17. The van der Waals surface area contributed by atoms with Crippen LogP contribution in [-0.2, 0) is 49.3 Å². The molecule has 234 valence electrons. The lowest BCUT2D eigenvalue weighted by Crippen LogP contribution is -2.68. The number of fused-ring (bicyclic) bond motifs is 2. The van der Waals surface area contributed by atoms with Crippen molar-refractivity contribution in [2.24, 2.45) is 23.7 Å². The predicted molar refractivity (Wildman–Crippen MR) is 151 cm³/mol. The highest BCUT2D eigenvalue weighted by Crippen LogP contribution is 2.60. The Morgan fingerprint density at radius 1 is 0.773 bits per heavy atom. The molecule has 12 nitrogen and oxygen atoms in total. The molecule has 2 aliphatic rings. The van der Waals surface area contributed by atoms with Crippen LogP contribution < -0.4 is 4.74 Å². The topological polar surface area (TPSA) is 172 Å². The number of carbonyl (C=O) groups excluding carboxylic acids is 5. The smallest absolute Gasteiger partial charge is 0.337 e. The molecule has 2 bridgehead atoms. The summed E-state index contributed by atoms with van der Waals surface area (Å²) >= 11 is 0. The molecule has 0 spiro atoms. The zero-order chi connectivity index (χ0) is 32.2. The third kappa shape index (κ3) is 5.77. The fourth-order valence-electron chi connectivity index (χ4n) is 6.52. The molecule has 2 aromatic rings. The van der Waals surface area contributed by atoms with E-state index < -0.39 is 76.4 Å². The maximum atomic E-state index is 13.4. The Morgan fingerprint density at radius 2 is 1.34 bits per heavy atom. The first-order chi connectivity index (χ1) is 21.0. The molecule has 44 heavy (non-hydrogen) atoms. The van der Waals surface area contributed by atoms with Crippen LogP contribution in [-0.4, -0.2) is 74.1 Å². The number of hydrogen-bond donors (Lipinski definition) is 2. The van der Waals surface area contributed by atoms with Crippen molar-refractivity contribution >= 4 is 29.8 Å². The number of benzene rings is 2. The summed E-state index contributed by atoms with van der Waals surface area (Å²) in [5.41, 5.74) is -1.65. The molecule has 2 aliphatic carbocycles. The van der Waals surface area contributed by atoms with Gasteiger partial charge in [0.05, 0.1) is 45.8 Å². The molecule has 6 atom stereocenters. The Hall–Kier alpha value is -4.71. The van der Waals surface area contributed by atoms with E-state index in [1.165, 1.54) is 12.1 Å². The molecule has 4 rings (SSSR count). The van der Waals surface area contributed by atoms with Gasteiger partial charge in [-0.3, -0.25) is 19.2 Å². The fraction of sp³-hybridized carbons (Fsp3) is 0.406. The van der Waals surface area contributed by atoms with Gasteiger partial charge in [0.2, 0.25) is 0 Å². The van der Waals surface area contributed by atoms with E-state index in [0.717, 1.165) is 34.0 Å². The van der Waals surface area contributed by atoms with Crippen LogP contribution in [0.5, 0.6) is 5.75 Å². The van der Waals surface area contributed by atoms with Gasteiger partial charge in [0.1, 0.15) is 23.0 Å². The molecule has 0 amide bonds. The minimum absolute atomic E-state index is 0.138. The van der Waals surface area contributed by atoms with Gasteiger partial charge in [-0.15, -0.1) is 0 Å². The first-order valence-corrected chi connectivity index (χ1v) is 13.8. The van der Waals surface area contributed by atoms with Crippen LogP contribution in [0.25, 0.3) is 0 Å². The van der Waals surface area contributed by atoms with Crippen molar-refractivity contribution in [2.45, 2.75) is 30.8 Å². The average molecular weight is 611 g/mol. The molecular weight excluding hydrogens is 576 g/mol. The quantitative estimate of drug-likeness (QED) is 0.242.